The molecule has 0 N–H and O–H groups in total. The van der Waals surface area contributed by atoms with E-state index in [0.717, 1.165) is 12.4 Å². The number of benzene rings is 1. The lowest BCUT2D eigenvalue weighted by Crippen LogP contribution is -2.15. The molecule has 0 spiro atoms. The third kappa shape index (κ3) is 3.26. The second-order valence-electron chi connectivity index (χ2n) is 5.09. The Morgan fingerprint density at radius 2 is 1.93 bits per heavy atom. The maximum Gasteiger partial charge on any atom is 0.119 e. The van der Waals surface area contributed by atoms with Gasteiger partial charge < -0.3 is 4.74 Å². The Morgan fingerprint density at radius 1 is 1.27 bits per heavy atom. The molecule has 0 aliphatic heterocycles. The van der Waals surface area contributed by atoms with Crippen LogP contribution in [0.5, 0.6) is 5.75 Å². The van der Waals surface area contributed by atoms with Crippen LogP contribution < -0.4 is 4.74 Å². The summed E-state index contributed by atoms with van der Waals surface area (Å²) in [6.45, 7) is 11.8. The van der Waals surface area contributed by atoms with E-state index in [1.54, 1.807) is 0 Å². The fourth-order valence-corrected chi connectivity index (χ4v) is 1.54. The molecule has 1 nitrogen and oxygen atoms in total. The Morgan fingerprint density at radius 3 is 2.47 bits per heavy atom. The Balaban J connectivity index is 2.90. The van der Waals surface area contributed by atoms with Crippen LogP contribution in [0.25, 0.3) is 0 Å². The van der Waals surface area contributed by atoms with Crippen LogP contribution in [0.2, 0.25) is 0 Å². The van der Waals surface area contributed by atoms with Crippen molar-refractivity contribution >= 4 is 0 Å². The molecular weight excluding hydrogens is 184 g/mol. The maximum absolute atomic E-state index is 5.51. The van der Waals surface area contributed by atoms with Gasteiger partial charge in [0.1, 0.15) is 5.75 Å². The van der Waals surface area contributed by atoms with Crippen LogP contribution in [0.15, 0.2) is 24.3 Å². The zero-order chi connectivity index (χ0) is 11.5. The van der Waals surface area contributed by atoms with E-state index in [4.69, 9.17) is 4.74 Å². The molecule has 0 saturated heterocycles. The lowest BCUT2D eigenvalue weighted by Gasteiger charge is -2.27. The van der Waals surface area contributed by atoms with Crippen LogP contribution in [-0.4, -0.2) is 6.61 Å². The van der Waals surface area contributed by atoms with Gasteiger partial charge in [0.05, 0.1) is 6.61 Å². The molecule has 15 heavy (non-hydrogen) atoms. The first kappa shape index (κ1) is 12.1. The molecule has 84 valence electrons. The van der Waals surface area contributed by atoms with E-state index in [-0.39, 0.29) is 0 Å². The summed E-state index contributed by atoms with van der Waals surface area (Å²) in [5, 5.41) is 0. The average Bonchev–Trinajstić information content (AvgIpc) is 2.16. The van der Waals surface area contributed by atoms with E-state index < -0.39 is 0 Å². The molecule has 1 atom stereocenters. The van der Waals surface area contributed by atoms with Gasteiger partial charge in [-0.1, -0.05) is 39.8 Å². The Bertz CT molecular complexity index is 309. The molecule has 0 aliphatic rings. The predicted octanol–water partition coefficient (Wildman–Crippen LogP) is 4.23. The first-order chi connectivity index (χ1) is 6.95. The monoisotopic (exact) mass is 206 g/mol. The first-order valence-electron chi connectivity index (χ1n) is 5.68. The summed E-state index contributed by atoms with van der Waals surface area (Å²) in [4.78, 5) is 0. The Kier molecular flexibility index (Phi) is 3.78. The molecule has 1 heteroatoms. The third-order valence-electron chi connectivity index (χ3n) is 2.97. The highest BCUT2D eigenvalue weighted by molar-refractivity contribution is 5.31. The van der Waals surface area contributed by atoms with Crippen LogP contribution in [0.4, 0.5) is 0 Å². The SMILES string of the molecule is CCOc1cccc(C(C)C(C)(C)C)c1. The van der Waals surface area contributed by atoms with Crippen molar-refractivity contribution in [3.05, 3.63) is 29.8 Å². The molecule has 1 rings (SSSR count). The minimum absolute atomic E-state index is 0.296. The molecule has 0 aliphatic carbocycles. The van der Waals surface area contributed by atoms with Gasteiger partial charge in [0.2, 0.25) is 0 Å². The van der Waals surface area contributed by atoms with Crippen molar-refractivity contribution in [1.82, 2.24) is 0 Å². The van der Waals surface area contributed by atoms with E-state index in [1.165, 1.54) is 5.56 Å². The molecule has 1 aromatic rings. The van der Waals surface area contributed by atoms with E-state index in [1.807, 2.05) is 13.0 Å². The molecule has 1 aromatic carbocycles. The summed E-state index contributed by atoms with van der Waals surface area (Å²) in [6, 6.07) is 8.42. The van der Waals surface area contributed by atoms with Crippen LogP contribution >= 0.6 is 0 Å². The summed E-state index contributed by atoms with van der Waals surface area (Å²) in [5.41, 5.74) is 1.65. The van der Waals surface area contributed by atoms with Gasteiger partial charge in [0.25, 0.3) is 0 Å². The van der Waals surface area contributed by atoms with Gasteiger partial charge in [-0.05, 0) is 36.0 Å². The average molecular weight is 206 g/mol. The normalized spacial score (nSPS) is 13.7. The summed E-state index contributed by atoms with van der Waals surface area (Å²) in [5.74, 6) is 1.52. The number of hydrogen-bond acceptors (Lipinski definition) is 1. The van der Waals surface area contributed by atoms with Crippen molar-refractivity contribution in [1.29, 1.82) is 0 Å². The van der Waals surface area contributed by atoms with Crippen LogP contribution in [-0.2, 0) is 0 Å². The molecule has 0 radical (unpaired) electrons. The molecule has 1 unspecified atom stereocenters. The predicted molar refractivity (Wildman–Crippen MR) is 65.5 cm³/mol. The van der Waals surface area contributed by atoms with Crippen molar-refractivity contribution in [2.75, 3.05) is 6.61 Å². The van der Waals surface area contributed by atoms with E-state index >= 15 is 0 Å². The van der Waals surface area contributed by atoms with Crippen LogP contribution in [0.1, 0.15) is 46.1 Å². The zero-order valence-electron chi connectivity index (χ0n) is 10.5. The van der Waals surface area contributed by atoms with Gasteiger partial charge in [-0.2, -0.15) is 0 Å². The summed E-state index contributed by atoms with van der Waals surface area (Å²) >= 11 is 0. The van der Waals surface area contributed by atoms with E-state index in [2.05, 4.69) is 45.9 Å². The van der Waals surface area contributed by atoms with Crippen molar-refractivity contribution < 1.29 is 4.74 Å². The zero-order valence-corrected chi connectivity index (χ0v) is 10.5. The van der Waals surface area contributed by atoms with Crippen molar-refractivity contribution in [2.45, 2.75) is 40.5 Å². The lowest BCUT2D eigenvalue weighted by atomic mass is 9.78. The van der Waals surface area contributed by atoms with Gasteiger partial charge in [-0.15, -0.1) is 0 Å². The number of rotatable bonds is 3. The van der Waals surface area contributed by atoms with Gasteiger partial charge in [-0.25, -0.2) is 0 Å². The smallest absolute Gasteiger partial charge is 0.119 e. The topological polar surface area (TPSA) is 9.23 Å². The minimum Gasteiger partial charge on any atom is -0.494 e. The molecular formula is C14H22O. The fraction of sp³-hybridized carbons (Fsp3) is 0.571. The highest BCUT2D eigenvalue weighted by atomic mass is 16.5. The largest absolute Gasteiger partial charge is 0.494 e. The van der Waals surface area contributed by atoms with E-state index in [9.17, 15) is 0 Å². The molecule has 0 heterocycles. The second kappa shape index (κ2) is 4.69. The summed E-state index contributed by atoms with van der Waals surface area (Å²) in [6.07, 6.45) is 0. The Hall–Kier alpha value is -0.980. The second-order valence-corrected chi connectivity index (χ2v) is 5.09. The van der Waals surface area contributed by atoms with Gasteiger partial charge in [0.15, 0.2) is 0 Å². The van der Waals surface area contributed by atoms with Gasteiger partial charge in [-0.3, -0.25) is 0 Å². The van der Waals surface area contributed by atoms with Gasteiger partial charge >= 0.3 is 0 Å². The lowest BCUT2D eigenvalue weighted by molar-refractivity contribution is 0.329. The van der Waals surface area contributed by atoms with Gasteiger partial charge in [0, 0.05) is 0 Å². The highest BCUT2D eigenvalue weighted by Gasteiger charge is 2.21. The first-order valence-corrected chi connectivity index (χ1v) is 5.68. The van der Waals surface area contributed by atoms with Crippen LogP contribution in [0.3, 0.4) is 0 Å². The highest BCUT2D eigenvalue weighted by Crippen LogP contribution is 2.35. The van der Waals surface area contributed by atoms with Crippen molar-refractivity contribution in [3.63, 3.8) is 0 Å². The Labute approximate surface area is 93.5 Å². The summed E-state index contributed by atoms with van der Waals surface area (Å²) < 4.78 is 5.51. The van der Waals surface area contributed by atoms with Crippen LogP contribution in [0, 0.1) is 5.41 Å². The molecule has 0 bridgehead atoms. The molecule has 0 aromatic heterocycles. The molecule has 0 amide bonds. The van der Waals surface area contributed by atoms with Crippen molar-refractivity contribution in [3.8, 4) is 5.75 Å². The minimum atomic E-state index is 0.296. The number of hydrogen-bond donors (Lipinski definition) is 0. The maximum atomic E-state index is 5.51. The molecule has 0 saturated carbocycles. The number of ether oxygens (including phenoxy) is 1. The standard InChI is InChI=1S/C14H22O/c1-6-15-13-9-7-8-12(10-13)11(2)14(3,4)5/h7-11H,6H2,1-5H3. The molecule has 0 fully saturated rings. The van der Waals surface area contributed by atoms with E-state index in [0.29, 0.717) is 11.3 Å². The quantitative estimate of drug-likeness (QED) is 0.719. The fourth-order valence-electron chi connectivity index (χ4n) is 1.54. The summed E-state index contributed by atoms with van der Waals surface area (Å²) in [7, 11) is 0. The van der Waals surface area contributed by atoms with Crippen molar-refractivity contribution in [2.24, 2.45) is 5.41 Å². The third-order valence-corrected chi connectivity index (χ3v) is 2.97.